The summed E-state index contributed by atoms with van der Waals surface area (Å²) in [5.41, 5.74) is 2.94. The second-order valence-corrected chi connectivity index (χ2v) is 15.8. The van der Waals surface area contributed by atoms with Gasteiger partial charge in [0.2, 0.25) is 5.91 Å². The van der Waals surface area contributed by atoms with Crippen molar-refractivity contribution in [3.8, 4) is 0 Å². The molecule has 0 saturated heterocycles. The Balaban J connectivity index is 1.31. The lowest BCUT2D eigenvalue weighted by Crippen LogP contribution is -2.66. The first kappa shape index (κ1) is 29.4. The molecule has 6 heteroatoms. The van der Waals surface area contributed by atoms with Crippen LogP contribution in [0.4, 0.5) is 0 Å². The third kappa shape index (κ3) is 3.91. The summed E-state index contributed by atoms with van der Waals surface area (Å²) in [5.74, 6) is 0.112. The molecule has 0 spiro atoms. The number of aliphatic carboxylic acids is 1. The van der Waals surface area contributed by atoms with Gasteiger partial charge in [0.15, 0.2) is 0 Å². The fraction of sp³-hybridized carbons (Fsp3) is 0.694. The number of carbonyl (C=O) groups is 3. The van der Waals surface area contributed by atoms with Gasteiger partial charge in [0.25, 0.3) is 0 Å². The van der Waals surface area contributed by atoms with Crippen LogP contribution in [0.25, 0.3) is 5.57 Å². The quantitative estimate of drug-likeness (QED) is 0.339. The van der Waals surface area contributed by atoms with Crippen LogP contribution in [0.3, 0.4) is 0 Å². The number of benzene rings is 1. The van der Waals surface area contributed by atoms with Crippen molar-refractivity contribution in [3.63, 3.8) is 0 Å². The number of amides is 1. The van der Waals surface area contributed by atoms with Crippen LogP contribution in [0.2, 0.25) is 0 Å². The van der Waals surface area contributed by atoms with Crippen LogP contribution < -0.4 is 5.32 Å². The third-order valence-electron chi connectivity index (χ3n) is 14.2. The number of hydrogen-bond donors (Lipinski definition) is 3. The molecule has 0 bridgehead atoms. The summed E-state index contributed by atoms with van der Waals surface area (Å²) < 4.78 is 0. The predicted molar refractivity (Wildman–Crippen MR) is 163 cm³/mol. The minimum atomic E-state index is -0.974. The SMILES string of the molecule is CC1(C)C(c2ccc(C(=O)O)cc2)=CC[C@]2(C)[C@H]3CC[C@@H]4[C@H]5CCC[C@]5(C(=O)NCC(=O)O)CC[C@@]4(C)[C@]3(C)CC[C@@H]12. The minimum Gasteiger partial charge on any atom is -0.480 e. The minimum absolute atomic E-state index is 0.0134. The van der Waals surface area contributed by atoms with Crippen molar-refractivity contribution in [1.29, 1.82) is 0 Å². The molecule has 0 radical (unpaired) electrons. The number of rotatable bonds is 5. The van der Waals surface area contributed by atoms with Gasteiger partial charge in [-0.05, 0) is 126 Å². The van der Waals surface area contributed by atoms with Crippen molar-refractivity contribution in [2.24, 2.45) is 50.7 Å². The molecular weight excluding hydrogens is 526 g/mol. The van der Waals surface area contributed by atoms with Crippen molar-refractivity contribution >= 4 is 23.4 Å². The molecule has 8 atom stereocenters. The molecule has 1 amide bonds. The van der Waals surface area contributed by atoms with Gasteiger partial charge < -0.3 is 15.5 Å². The standard InChI is InChI=1S/C36H49NO5/c1-32(2)24(22-8-10-23(11-9-22)30(40)41)14-17-33(3)27(32)15-18-35(5)28(33)13-12-25-26-7-6-16-36(26,20-19-34(25,35)4)31(42)37-21-29(38)39/h8-11,14,25-28H,6-7,12-13,15-21H2,1-5H3,(H,37,42)(H,38,39)(H,40,41)/t25-,26-,27+,28-,33+,34-,35-,36+/m1/s1. The van der Waals surface area contributed by atoms with Gasteiger partial charge >= 0.3 is 11.9 Å². The van der Waals surface area contributed by atoms with E-state index in [1.54, 1.807) is 12.1 Å². The number of fused-ring (bicyclic) bond motifs is 7. The lowest BCUT2D eigenvalue weighted by molar-refractivity contribution is -0.222. The topological polar surface area (TPSA) is 104 Å². The number of carboxylic acids is 2. The first-order chi connectivity index (χ1) is 19.7. The fourth-order valence-corrected chi connectivity index (χ4v) is 12.2. The van der Waals surface area contributed by atoms with Gasteiger partial charge in [0.1, 0.15) is 6.54 Å². The maximum atomic E-state index is 13.5. The average molecular weight is 576 g/mol. The summed E-state index contributed by atoms with van der Waals surface area (Å²) in [6.45, 7) is 12.2. The van der Waals surface area contributed by atoms with Gasteiger partial charge in [-0.3, -0.25) is 9.59 Å². The number of carboxylic acid groups (broad SMARTS) is 2. The Kier molecular flexibility index (Phi) is 6.79. The van der Waals surface area contributed by atoms with Crippen molar-refractivity contribution in [2.45, 2.75) is 98.8 Å². The number of hydrogen-bond acceptors (Lipinski definition) is 3. The van der Waals surface area contributed by atoms with Crippen LogP contribution in [-0.2, 0) is 9.59 Å². The second-order valence-electron chi connectivity index (χ2n) is 15.8. The largest absolute Gasteiger partial charge is 0.480 e. The summed E-state index contributed by atoms with van der Waals surface area (Å²) in [6, 6.07) is 7.44. The Morgan fingerprint density at radius 1 is 0.810 bits per heavy atom. The van der Waals surface area contributed by atoms with Crippen molar-refractivity contribution in [2.75, 3.05) is 6.54 Å². The third-order valence-corrected chi connectivity index (χ3v) is 14.2. The van der Waals surface area contributed by atoms with E-state index >= 15 is 0 Å². The highest BCUT2D eigenvalue weighted by atomic mass is 16.4. The van der Waals surface area contributed by atoms with Gasteiger partial charge in [-0.1, -0.05) is 59.2 Å². The Morgan fingerprint density at radius 2 is 1.52 bits per heavy atom. The van der Waals surface area contributed by atoms with Gasteiger partial charge in [-0.25, -0.2) is 4.79 Å². The molecule has 228 valence electrons. The summed E-state index contributed by atoms with van der Waals surface area (Å²) in [6.07, 6.45) is 13.2. The van der Waals surface area contributed by atoms with E-state index in [1.807, 2.05) is 12.1 Å². The smallest absolute Gasteiger partial charge is 0.335 e. The van der Waals surface area contributed by atoms with Crippen molar-refractivity contribution < 1.29 is 24.6 Å². The molecule has 6 rings (SSSR count). The van der Waals surface area contributed by atoms with Crippen LogP contribution >= 0.6 is 0 Å². The summed E-state index contributed by atoms with van der Waals surface area (Å²) in [4.78, 5) is 36.2. The van der Waals surface area contributed by atoms with E-state index in [4.69, 9.17) is 0 Å². The van der Waals surface area contributed by atoms with Crippen LogP contribution in [0.15, 0.2) is 30.3 Å². The van der Waals surface area contributed by atoms with Crippen LogP contribution in [-0.4, -0.2) is 34.6 Å². The van der Waals surface area contributed by atoms with Crippen molar-refractivity contribution in [3.05, 3.63) is 41.5 Å². The first-order valence-electron chi connectivity index (χ1n) is 16.3. The Morgan fingerprint density at radius 3 is 2.19 bits per heavy atom. The Hall–Kier alpha value is -2.63. The van der Waals surface area contributed by atoms with Gasteiger partial charge in [0.05, 0.1) is 11.0 Å². The molecule has 5 aliphatic rings. The Bertz CT molecular complexity index is 1330. The predicted octanol–water partition coefficient (Wildman–Crippen LogP) is 7.43. The highest BCUT2D eigenvalue weighted by Gasteiger charge is 2.70. The van der Waals surface area contributed by atoms with E-state index < -0.39 is 17.4 Å². The van der Waals surface area contributed by atoms with Crippen molar-refractivity contribution in [1.82, 2.24) is 5.32 Å². The van der Waals surface area contributed by atoms with Gasteiger partial charge in [0, 0.05) is 0 Å². The number of carbonyl (C=O) groups excluding carboxylic acids is 1. The van der Waals surface area contributed by atoms with Crippen LogP contribution in [0.5, 0.6) is 0 Å². The molecule has 0 heterocycles. The summed E-state index contributed by atoms with van der Waals surface area (Å²) >= 11 is 0. The zero-order valence-electron chi connectivity index (χ0n) is 26.1. The molecule has 3 N–H and O–H groups in total. The molecule has 6 nitrogen and oxygen atoms in total. The molecular formula is C36H49NO5. The molecule has 4 saturated carbocycles. The first-order valence-corrected chi connectivity index (χ1v) is 16.3. The number of nitrogens with one attached hydrogen (secondary N) is 1. The van der Waals surface area contributed by atoms with E-state index in [9.17, 15) is 24.6 Å². The molecule has 4 fully saturated rings. The van der Waals surface area contributed by atoms with Gasteiger partial charge in [-0.2, -0.15) is 0 Å². The molecule has 1 aromatic rings. The lowest BCUT2D eigenvalue weighted by Gasteiger charge is -2.72. The van der Waals surface area contributed by atoms with Crippen LogP contribution in [0.1, 0.15) is 115 Å². The highest BCUT2D eigenvalue weighted by molar-refractivity contribution is 5.88. The number of aromatic carboxylic acids is 1. The molecule has 1 aromatic carbocycles. The maximum Gasteiger partial charge on any atom is 0.335 e. The zero-order valence-corrected chi connectivity index (χ0v) is 26.1. The molecule has 5 aliphatic carbocycles. The fourth-order valence-electron chi connectivity index (χ4n) is 12.2. The monoisotopic (exact) mass is 575 g/mol. The maximum absolute atomic E-state index is 13.5. The lowest BCUT2D eigenvalue weighted by atomic mass is 9.32. The van der Waals surface area contributed by atoms with E-state index in [2.05, 4.69) is 46.0 Å². The van der Waals surface area contributed by atoms with Gasteiger partial charge in [-0.15, -0.1) is 0 Å². The average Bonchev–Trinajstić information content (AvgIpc) is 3.37. The molecule has 0 unspecified atom stereocenters. The second kappa shape index (κ2) is 9.69. The van der Waals surface area contributed by atoms with E-state index in [0.29, 0.717) is 29.2 Å². The molecule has 0 aromatic heterocycles. The highest BCUT2D eigenvalue weighted by Crippen LogP contribution is 2.77. The summed E-state index contributed by atoms with van der Waals surface area (Å²) in [7, 11) is 0. The molecule has 42 heavy (non-hydrogen) atoms. The van der Waals surface area contributed by atoms with E-state index in [1.165, 1.54) is 24.8 Å². The molecule has 0 aliphatic heterocycles. The normalized spacial score (nSPS) is 41.8. The van der Waals surface area contributed by atoms with E-state index in [-0.39, 0.29) is 34.1 Å². The van der Waals surface area contributed by atoms with Crippen LogP contribution in [0, 0.1) is 50.7 Å². The Labute approximate surface area is 250 Å². The van der Waals surface area contributed by atoms with E-state index in [0.717, 1.165) is 50.5 Å². The summed E-state index contributed by atoms with van der Waals surface area (Å²) in [5, 5.41) is 21.4. The number of allylic oxidation sites excluding steroid dienone is 2. The zero-order chi connectivity index (χ0) is 30.3.